The molecule has 1 aliphatic heterocycles. The standard InChI is InChI=1S/C36H59N3O5/c1-26-22-39(27(2)25-40)36(42)32-21-31(37-35(41)30-16-9-6-10-17-30)18-19-33(32)44-28(3)13-11-12-20-43-34(26)24-38(4)23-29-14-7-5-8-15-29/h18-19,21,26-30,34,40H,5-17,20,22-25H2,1-4H3,(H,37,41)/t26-,27+,28-,34-/m0/s1. The summed E-state index contributed by atoms with van der Waals surface area (Å²) in [6.07, 6.45) is 14.5. The Bertz CT molecular complexity index is 1040. The van der Waals surface area contributed by atoms with Crippen molar-refractivity contribution in [3.63, 3.8) is 0 Å². The first-order chi connectivity index (χ1) is 21.2. The van der Waals surface area contributed by atoms with E-state index in [9.17, 15) is 14.7 Å². The van der Waals surface area contributed by atoms with Crippen molar-refractivity contribution in [2.75, 3.05) is 45.2 Å². The van der Waals surface area contributed by atoms with Crippen molar-refractivity contribution in [1.82, 2.24) is 9.80 Å². The predicted molar refractivity (Wildman–Crippen MR) is 176 cm³/mol. The molecular formula is C36H59N3O5. The molecule has 8 nitrogen and oxygen atoms in total. The van der Waals surface area contributed by atoms with Crippen LogP contribution in [0.4, 0.5) is 5.69 Å². The molecule has 0 unspecified atom stereocenters. The summed E-state index contributed by atoms with van der Waals surface area (Å²) in [5.74, 6) is 1.19. The van der Waals surface area contributed by atoms with E-state index in [4.69, 9.17) is 9.47 Å². The number of carbonyl (C=O) groups is 2. The van der Waals surface area contributed by atoms with Gasteiger partial charge in [-0.05, 0) is 90.0 Å². The lowest BCUT2D eigenvalue weighted by molar-refractivity contribution is -0.120. The molecule has 2 saturated carbocycles. The Kier molecular flexibility index (Phi) is 13.8. The van der Waals surface area contributed by atoms with Crippen molar-refractivity contribution in [3.05, 3.63) is 23.8 Å². The predicted octanol–water partition coefficient (Wildman–Crippen LogP) is 6.51. The zero-order valence-corrected chi connectivity index (χ0v) is 27.9. The quantitative estimate of drug-likeness (QED) is 0.347. The largest absolute Gasteiger partial charge is 0.490 e. The molecule has 0 aromatic heterocycles. The monoisotopic (exact) mass is 613 g/mol. The summed E-state index contributed by atoms with van der Waals surface area (Å²) < 4.78 is 12.9. The molecule has 248 valence electrons. The number of benzene rings is 1. The van der Waals surface area contributed by atoms with E-state index in [2.05, 4.69) is 24.2 Å². The molecule has 1 aromatic rings. The summed E-state index contributed by atoms with van der Waals surface area (Å²) in [6.45, 7) is 8.99. The first-order valence-electron chi connectivity index (χ1n) is 17.6. The molecule has 2 fully saturated rings. The van der Waals surface area contributed by atoms with Crippen molar-refractivity contribution in [2.45, 2.75) is 122 Å². The number of hydrogen-bond donors (Lipinski definition) is 2. The molecule has 3 aliphatic rings. The van der Waals surface area contributed by atoms with Gasteiger partial charge in [0.15, 0.2) is 0 Å². The molecule has 0 spiro atoms. The van der Waals surface area contributed by atoms with E-state index in [1.54, 1.807) is 11.0 Å². The highest BCUT2D eigenvalue weighted by Gasteiger charge is 2.31. The van der Waals surface area contributed by atoms with Crippen molar-refractivity contribution >= 4 is 17.5 Å². The normalized spacial score (nSPS) is 26.0. The zero-order chi connectivity index (χ0) is 31.5. The van der Waals surface area contributed by atoms with Gasteiger partial charge in [0.25, 0.3) is 5.91 Å². The van der Waals surface area contributed by atoms with Crippen molar-refractivity contribution in [1.29, 1.82) is 0 Å². The van der Waals surface area contributed by atoms with Crippen molar-refractivity contribution in [2.24, 2.45) is 17.8 Å². The van der Waals surface area contributed by atoms with Crippen LogP contribution in [0.25, 0.3) is 0 Å². The van der Waals surface area contributed by atoms with E-state index in [1.165, 1.54) is 38.5 Å². The number of nitrogens with one attached hydrogen (secondary N) is 1. The highest BCUT2D eigenvalue weighted by molar-refractivity contribution is 6.00. The Balaban J connectivity index is 1.56. The summed E-state index contributed by atoms with van der Waals surface area (Å²) in [5.41, 5.74) is 1.04. The molecule has 2 aliphatic carbocycles. The van der Waals surface area contributed by atoms with Gasteiger partial charge in [0.1, 0.15) is 5.75 Å². The molecule has 1 aromatic carbocycles. The maximum absolute atomic E-state index is 14.4. The molecule has 8 heteroatoms. The number of rotatable bonds is 8. The third kappa shape index (κ3) is 10.2. The number of hydrogen-bond acceptors (Lipinski definition) is 6. The second kappa shape index (κ2) is 17.5. The maximum atomic E-state index is 14.4. The molecule has 44 heavy (non-hydrogen) atoms. The minimum absolute atomic E-state index is 0.0179. The minimum Gasteiger partial charge on any atom is -0.490 e. The smallest absolute Gasteiger partial charge is 0.258 e. The number of carbonyl (C=O) groups excluding carboxylic acids is 2. The average Bonchev–Trinajstić information content (AvgIpc) is 3.03. The summed E-state index contributed by atoms with van der Waals surface area (Å²) in [4.78, 5) is 31.6. The summed E-state index contributed by atoms with van der Waals surface area (Å²) in [6, 6.07) is 5.05. The summed E-state index contributed by atoms with van der Waals surface area (Å²) >= 11 is 0. The zero-order valence-electron chi connectivity index (χ0n) is 27.9. The lowest BCUT2D eigenvalue weighted by atomic mass is 9.88. The lowest BCUT2D eigenvalue weighted by Crippen LogP contribution is -2.47. The van der Waals surface area contributed by atoms with Gasteiger partial charge in [-0.3, -0.25) is 9.59 Å². The van der Waals surface area contributed by atoms with E-state index >= 15 is 0 Å². The van der Waals surface area contributed by atoms with E-state index < -0.39 is 0 Å². The van der Waals surface area contributed by atoms with E-state index in [0.29, 0.717) is 30.2 Å². The Morgan fingerprint density at radius 2 is 1.68 bits per heavy atom. The fraction of sp³-hybridized carbons (Fsp3) is 0.778. The van der Waals surface area contributed by atoms with Gasteiger partial charge >= 0.3 is 0 Å². The number of fused-ring (bicyclic) bond motifs is 1. The van der Waals surface area contributed by atoms with Crippen LogP contribution in [-0.4, -0.2) is 84.9 Å². The van der Waals surface area contributed by atoms with Crippen LogP contribution in [-0.2, 0) is 9.53 Å². The third-order valence-corrected chi connectivity index (χ3v) is 10.1. The Hall–Kier alpha value is -2.16. The Morgan fingerprint density at radius 3 is 2.39 bits per heavy atom. The summed E-state index contributed by atoms with van der Waals surface area (Å²) in [7, 11) is 2.20. The van der Waals surface area contributed by atoms with Gasteiger partial charge in [0.05, 0.1) is 30.4 Å². The Morgan fingerprint density at radius 1 is 1.00 bits per heavy atom. The van der Waals surface area contributed by atoms with Gasteiger partial charge < -0.3 is 29.7 Å². The lowest BCUT2D eigenvalue weighted by Gasteiger charge is -2.36. The highest BCUT2D eigenvalue weighted by Crippen LogP contribution is 2.30. The molecule has 0 bridgehead atoms. The van der Waals surface area contributed by atoms with Crippen LogP contribution in [0, 0.1) is 17.8 Å². The first-order valence-corrected chi connectivity index (χ1v) is 17.6. The van der Waals surface area contributed by atoms with Crippen LogP contribution in [0.5, 0.6) is 5.75 Å². The number of aliphatic hydroxyl groups is 1. The van der Waals surface area contributed by atoms with Gasteiger partial charge in [-0.2, -0.15) is 0 Å². The maximum Gasteiger partial charge on any atom is 0.258 e. The second-order valence-corrected chi connectivity index (χ2v) is 14.1. The number of anilines is 1. The molecule has 4 atom stereocenters. The number of ether oxygens (including phenoxy) is 2. The molecular weight excluding hydrogens is 554 g/mol. The van der Waals surface area contributed by atoms with E-state index in [0.717, 1.165) is 64.0 Å². The number of likely N-dealkylation sites (N-methyl/N-ethyl adjacent to an activating group) is 1. The van der Waals surface area contributed by atoms with Crippen molar-refractivity contribution in [3.8, 4) is 5.75 Å². The van der Waals surface area contributed by atoms with Gasteiger partial charge in [0, 0.05) is 43.8 Å². The molecule has 0 saturated heterocycles. The Labute approximate surface area is 266 Å². The fourth-order valence-corrected chi connectivity index (χ4v) is 7.26. The average molecular weight is 614 g/mol. The fourth-order valence-electron chi connectivity index (χ4n) is 7.26. The molecule has 1 heterocycles. The van der Waals surface area contributed by atoms with Gasteiger partial charge in [0.2, 0.25) is 5.91 Å². The van der Waals surface area contributed by atoms with Gasteiger partial charge in [-0.15, -0.1) is 0 Å². The van der Waals surface area contributed by atoms with Crippen LogP contribution in [0.2, 0.25) is 0 Å². The van der Waals surface area contributed by atoms with E-state index in [-0.39, 0.29) is 48.5 Å². The third-order valence-electron chi connectivity index (χ3n) is 10.1. The topological polar surface area (TPSA) is 91.3 Å². The number of amides is 2. The van der Waals surface area contributed by atoms with Gasteiger partial charge in [-0.1, -0.05) is 45.4 Å². The number of aliphatic hydroxyl groups excluding tert-OH is 1. The second-order valence-electron chi connectivity index (χ2n) is 14.1. The van der Waals surface area contributed by atoms with Crippen LogP contribution in [0.3, 0.4) is 0 Å². The van der Waals surface area contributed by atoms with Crippen LogP contribution in [0.15, 0.2) is 18.2 Å². The molecule has 2 N–H and O–H groups in total. The molecule has 2 amide bonds. The van der Waals surface area contributed by atoms with Crippen molar-refractivity contribution < 1.29 is 24.2 Å². The van der Waals surface area contributed by atoms with Crippen LogP contribution >= 0.6 is 0 Å². The van der Waals surface area contributed by atoms with Gasteiger partial charge in [-0.25, -0.2) is 0 Å². The van der Waals surface area contributed by atoms with Crippen LogP contribution < -0.4 is 10.1 Å². The van der Waals surface area contributed by atoms with E-state index in [1.807, 2.05) is 26.0 Å². The SMILES string of the molecule is C[C@H](CO)N1C[C@H](C)[C@H](CN(C)CC2CCCCC2)OCCCC[C@H](C)Oc2ccc(NC(=O)C3CCCCC3)cc2C1=O. The summed E-state index contributed by atoms with van der Waals surface area (Å²) in [5, 5.41) is 13.3. The number of nitrogens with zero attached hydrogens (tertiary/aromatic N) is 2. The van der Waals surface area contributed by atoms with Crippen LogP contribution in [0.1, 0.15) is 115 Å². The molecule has 4 rings (SSSR count). The highest BCUT2D eigenvalue weighted by atomic mass is 16.5. The minimum atomic E-state index is -0.385. The molecule has 0 radical (unpaired) electrons. The first kappa shape index (κ1) is 34.7.